The van der Waals surface area contributed by atoms with Crippen LogP contribution >= 0.6 is 11.9 Å². The molecule has 1 rings (SSSR count). The molecule has 0 aliphatic heterocycles. The molecule has 0 bridgehead atoms. The summed E-state index contributed by atoms with van der Waals surface area (Å²) in [5.41, 5.74) is 1.36. The largest absolute Gasteiger partial charge is 0.274 e. The molecule has 0 spiro atoms. The van der Waals surface area contributed by atoms with Crippen molar-refractivity contribution in [3.8, 4) is 0 Å². The second-order valence-corrected chi connectivity index (χ2v) is 2.82. The van der Waals surface area contributed by atoms with Gasteiger partial charge in [-0.05, 0) is 36.1 Å². The van der Waals surface area contributed by atoms with E-state index < -0.39 is 0 Å². The van der Waals surface area contributed by atoms with Gasteiger partial charge in [-0.25, -0.2) is 0 Å². The maximum Gasteiger partial charge on any atom is 0.0226 e. The Bertz CT molecular complexity index is 170. The summed E-state index contributed by atoms with van der Waals surface area (Å²) in [6.45, 7) is 2.14. The summed E-state index contributed by atoms with van der Waals surface area (Å²) in [6, 6.07) is 8.30. The van der Waals surface area contributed by atoms with Crippen LogP contribution in [-0.2, 0) is 6.42 Å². The van der Waals surface area contributed by atoms with Gasteiger partial charge in [0.25, 0.3) is 0 Å². The van der Waals surface area contributed by atoms with Crippen molar-refractivity contribution in [2.45, 2.75) is 18.2 Å². The molecule has 1 nitrogen and oxygen atoms in total. The molecule has 10 heavy (non-hydrogen) atoms. The molecule has 0 saturated carbocycles. The maximum atomic E-state index is 5.36. The normalized spacial score (nSPS) is 9.80. The van der Waals surface area contributed by atoms with Crippen LogP contribution in [0.1, 0.15) is 12.5 Å². The zero-order valence-corrected chi connectivity index (χ0v) is 6.82. The molecule has 54 valence electrons. The molecular weight excluding hydrogens is 142 g/mol. The topological polar surface area (TPSA) is 26.0 Å². The zero-order valence-electron chi connectivity index (χ0n) is 6.00. The number of rotatable bonds is 2. The van der Waals surface area contributed by atoms with Crippen molar-refractivity contribution in [1.29, 1.82) is 0 Å². The van der Waals surface area contributed by atoms with Crippen LogP contribution in [-0.4, -0.2) is 0 Å². The van der Waals surface area contributed by atoms with E-state index in [1.165, 1.54) is 17.5 Å². The fraction of sp³-hybridized carbons (Fsp3) is 0.250. The number of aryl methyl sites for hydroxylation is 1. The van der Waals surface area contributed by atoms with Crippen molar-refractivity contribution >= 4 is 11.9 Å². The number of hydrogen-bond acceptors (Lipinski definition) is 2. The van der Waals surface area contributed by atoms with Gasteiger partial charge in [-0.2, -0.15) is 0 Å². The Hall–Kier alpha value is -0.470. The Kier molecular flexibility index (Phi) is 2.78. The molecule has 0 heterocycles. The van der Waals surface area contributed by atoms with Crippen LogP contribution < -0.4 is 5.14 Å². The molecule has 0 atom stereocenters. The lowest BCUT2D eigenvalue weighted by atomic mass is 10.2. The molecule has 0 amide bonds. The van der Waals surface area contributed by atoms with Crippen molar-refractivity contribution in [2.24, 2.45) is 5.14 Å². The van der Waals surface area contributed by atoms with Crippen LogP contribution in [0.5, 0.6) is 0 Å². The molecule has 0 unspecified atom stereocenters. The standard InChI is InChI=1S/C8H11NS/c1-2-7-3-5-8(10-9)6-4-7/h3-6H,2,9H2,1H3. The molecule has 2 N–H and O–H groups in total. The van der Waals surface area contributed by atoms with Gasteiger partial charge in [0.2, 0.25) is 0 Å². The van der Waals surface area contributed by atoms with E-state index in [1.807, 2.05) is 12.1 Å². The molecule has 2 heteroatoms. The van der Waals surface area contributed by atoms with Crippen molar-refractivity contribution < 1.29 is 0 Å². The Labute approximate surface area is 65.8 Å². The molecule has 1 aromatic carbocycles. The third-order valence-corrected chi connectivity index (χ3v) is 2.01. The zero-order chi connectivity index (χ0) is 7.40. The van der Waals surface area contributed by atoms with Gasteiger partial charge < -0.3 is 0 Å². The van der Waals surface area contributed by atoms with Crippen molar-refractivity contribution in [3.63, 3.8) is 0 Å². The van der Waals surface area contributed by atoms with Crippen LogP contribution in [0.25, 0.3) is 0 Å². The van der Waals surface area contributed by atoms with Gasteiger partial charge in [-0.1, -0.05) is 19.1 Å². The van der Waals surface area contributed by atoms with Crippen LogP contribution in [0, 0.1) is 0 Å². The van der Waals surface area contributed by atoms with Gasteiger partial charge in [0.1, 0.15) is 0 Å². The number of benzene rings is 1. The SMILES string of the molecule is CCc1ccc(SN)cc1. The minimum absolute atomic E-state index is 1.09. The fourth-order valence-corrected chi connectivity index (χ4v) is 1.10. The summed E-state index contributed by atoms with van der Waals surface area (Å²) in [4.78, 5) is 1.12. The van der Waals surface area contributed by atoms with E-state index in [4.69, 9.17) is 5.14 Å². The van der Waals surface area contributed by atoms with E-state index >= 15 is 0 Å². The van der Waals surface area contributed by atoms with Crippen LogP contribution in [0.2, 0.25) is 0 Å². The highest BCUT2D eigenvalue weighted by Crippen LogP contribution is 2.12. The van der Waals surface area contributed by atoms with E-state index in [0.29, 0.717) is 0 Å². The summed E-state index contributed by atoms with van der Waals surface area (Å²) >= 11 is 1.29. The number of hydrogen-bond donors (Lipinski definition) is 1. The lowest BCUT2D eigenvalue weighted by Gasteiger charge is -1.96. The summed E-state index contributed by atoms with van der Waals surface area (Å²) in [7, 11) is 0. The van der Waals surface area contributed by atoms with Gasteiger partial charge in [0.05, 0.1) is 0 Å². The first-order valence-electron chi connectivity index (χ1n) is 3.32. The first kappa shape index (κ1) is 7.63. The maximum absolute atomic E-state index is 5.36. The van der Waals surface area contributed by atoms with Crippen LogP contribution in [0.15, 0.2) is 29.2 Å². The summed E-state index contributed by atoms with van der Waals surface area (Å²) in [5, 5.41) is 5.36. The van der Waals surface area contributed by atoms with Crippen molar-refractivity contribution in [1.82, 2.24) is 0 Å². The molecule has 1 aromatic rings. The first-order valence-corrected chi connectivity index (χ1v) is 4.20. The van der Waals surface area contributed by atoms with Gasteiger partial charge in [-0.3, -0.25) is 5.14 Å². The van der Waals surface area contributed by atoms with E-state index in [-0.39, 0.29) is 0 Å². The summed E-state index contributed by atoms with van der Waals surface area (Å²) < 4.78 is 0. The van der Waals surface area contributed by atoms with Crippen LogP contribution in [0.4, 0.5) is 0 Å². The lowest BCUT2D eigenvalue weighted by molar-refractivity contribution is 1.13. The van der Waals surface area contributed by atoms with Gasteiger partial charge >= 0.3 is 0 Å². The van der Waals surface area contributed by atoms with Crippen LogP contribution in [0.3, 0.4) is 0 Å². The molecule has 0 aliphatic rings. The second kappa shape index (κ2) is 3.64. The average Bonchev–Trinajstić information content (AvgIpc) is 2.05. The average molecular weight is 153 g/mol. The van der Waals surface area contributed by atoms with Crippen molar-refractivity contribution in [3.05, 3.63) is 29.8 Å². The minimum Gasteiger partial charge on any atom is -0.274 e. The number of nitrogens with two attached hydrogens (primary N) is 1. The quantitative estimate of drug-likeness (QED) is 0.659. The smallest absolute Gasteiger partial charge is 0.0226 e. The summed E-state index contributed by atoms with van der Waals surface area (Å²) in [5.74, 6) is 0. The molecule has 0 radical (unpaired) electrons. The fourth-order valence-electron chi connectivity index (χ4n) is 0.804. The first-order chi connectivity index (χ1) is 4.86. The predicted octanol–water partition coefficient (Wildman–Crippen LogP) is 2.21. The highest BCUT2D eigenvalue weighted by Gasteiger charge is 1.89. The highest BCUT2D eigenvalue weighted by atomic mass is 32.2. The van der Waals surface area contributed by atoms with E-state index in [0.717, 1.165) is 11.3 Å². The molecule has 0 saturated heterocycles. The monoisotopic (exact) mass is 153 g/mol. The second-order valence-electron chi connectivity index (χ2n) is 2.12. The Balaban J connectivity index is 2.80. The molecule has 0 aliphatic carbocycles. The van der Waals surface area contributed by atoms with E-state index in [2.05, 4.69) is 19.1 Å². The minimum atomic E-state index is 1.09. The molecular formula is C8H11NS. The third kappa shape index (κ3) is 1.75. The van der Waals surface area contributed by atoms with Gasteiger partial charge in [0, 0.05) is 4.90 Å². The van der Waals surface area contributed by atoms with Gasteiger partial charge in [-0.15, -0.1) is 0 Å². The lowest BCUT2D eigenvalue weighted by Crippen LogP contribution is -1.81. The molecule has 0 aromatic heterocycles. The highest BCUT2D eigenvalue weighted by molar-refractivity contribution is 7.97. The Morgan fingerprint density at radius 3 is 2.30 bits per heavy atom. The van der Waals surface area contributed by atoms with Crippen molar-refractivity contribution in [2.75, 3.05) is 0 Å². The van der Waals surface area contributed by atoms with E-state index in [9.17, 15) is 0 Å². The molecule has 0 fully saturated rings. The Morgan fingerprint density at radius 2 is 1.90 bits per heavy atom. The summed E-state index contributed by atoms with van der Waals surface area (Å²) in [6.07, 6.45) is 1.09. The van der Waals surface area contributed by atoms with E-state index in [1.54, 1.807) is 0 Å². The van der Waals surface area contributed by atoms with Gasteiger partial charge in [0.15, 0.2) is 0 Å². The third-order valence-electron chi connectivity index (χ3n) is 1.47. The predicted molar refractivity (Wildman–Crippen MR) is 45.9 cm³/mol. The Morgan fingerprint density at radius 1 is 1.30 bits per heavy atom.